The summed E-state index contributed by atoms with van der Waals surface area (Å²) in [4.78, 5) is 7.48. The first-order valence-corrected chi connectivity index (χ1v) is 12.1. The number of nitrogens with zero attached hydrogens (tertiary/aromatic N) is 3. The molecule has 0 N–H and O–H groups in total. The number of allylic oxidation sites excluding steroid dienone is 1. The summed E-state index contributed by atoms with van der Waals surface area (Å²) in [6, 6.07) is 11.3. The normalized spacial score (nSPS) is 16.6. The molecule has 2 aromatic carbocycles. The minimum Gasteiger partial charge on any atom is -0.374 e. The second kappa shape index (κ2) is 10.1. The van der Waals surface area contributed by atoms with E-state index in [0.717, 1.165) is 56.2 Å². The molecule has 0 aromatic heterocycles. The number of benzene rings is 2. The van der Waals surface area contributed by atoms with E-state index < -0.39 is 0 Å². The second-order valence-corrected chi connectivity index (χ2v) is 9.48. The standard InChI is InChI=1S/C27H36ClN3/c1-4-5-10-23-19-22(20-24-12-14-29(3)27(23)24)9-7-13-30-15-17-31(18-16-30)25-11-6-8-21(2)26(25)28/h4,6,8,11,19-20H,1,5,7,9-10,12-18H2,2-3H3. The van der Waals surface area contributed by atoms with Crippen molar-refractivity contribution in [1.29, 1.82) is 0 Å². The van der Waals surface area contributed by atoms with Crippen LogP contribution in [0.2, 0.25) is 5.02 Å². The van der Waals surface area contributed by atoms with Crippen LogP contribution in [0.4, 0.5) is 11.4 Å². The summed E-state index contributed by atoms with van der Waals surface area (Å²) in [7, 11) is 2.23. The molecule has 0 spiro atoms. The molecule has 4 heteroatoms. The first-order chi connectivity index (χ1) is 15.1. The lowest BCUT2D eigenvalue weighted by Crippen LogP contribution is -2.46. The molecule has 2 aliphatic rings. The van der Waals surface area contributed by atoms with Crippen LogP contribution in [0, 0.1) is 6.92 Å². The van der Waals surface area contributed by atoms with Crippen molar-refractivity contribution < 1.29 is 0 Å². The Morgan fingerprint density at radius 1 is 1.06 bits per heavy atom. The Morgan fingerprint density at radius 3 is 2.65 bits per heavy atom. The fourth-order valence-electron chi connectivity index (χ4n) is 5.10. The van der Waals surface area contributed by atoms with Crippen molar-refractivity contribution in [2.45, 2.75) is 39.0 Å². The van der Waals surface area contributed by atoms with Gasteiger partial charge in [-0.1, -0.05) is 41.9 Å². The fraction of sp³-hybridized carbons (Fsp3) is 0.481. The Hall–Kier alpha value is -1.97. The summed E-state index contributed by atoms with van der Waals surface area (Å²) >= 11 is 6.54. The highest BCUT2D eigenvalue weighted by molar-refractivity contribution is 6.34. The van der Waals surface area contributed by atoms with Crippen molar-refractivity contribution in [2.24, 2.45) is 0 Å². The highest BCUT2D eigenvalue weighted by Gasteiger charge is 2.21. The van der Waals surface area contributed by atoms with E-state index in [-0.39, 0.29) is 0 Å². The third kappa shape index (κ3) is 5.10. The van der Waals surface area contributed by atoms with Crippen LogP contribution in [0.3, 0.4) is 0 Å². The number of piperazine rings is 1. The van der Waals surface area contributed by atoms with E-state index in [2.05, 4.69) is 65.6 Å². The SMILES string of the molecule is C=CCCc1cc(CCCN2CCN(c3cccc(C)c3Cl)CC2)cc2c1N(C)CC2. The first-order valence-electron chi connectivity index (χ1n) is 11.8. The van der Waals surface area contributed by atoms with Crippen LogP contribution in [0.25, 0.3) is 0 Å². The van der Waals surface area contributed by atoms with Gasteiger partial charge in [0.15, 0.2) is 0 Å². The van der Waals surface area contributed by atoms with Gasteiger partial charge >= 0.3 is 0 Å². The molecular weight excluding hydrogens is 402 g/mol. The molecule has 2 aromatic rings. The maximum atomic E-state index is 6.54. The summed E-state index contributed by atoms with van der Waals surface area (Å²) in [5.74, 6) is 0. The van der Waals surface area contributed by atoms with Gasteiger partial charge in [0.25, 0.3) is 0 Å². The molecule has 0 atom stereocenters. The highest BCUT2D eigenvalue weighted by Crippen LogP contribution is 2.33. The lowest BCUT2D eigenvalue weighted by molar-refractivity contribution is 0.255. The third-order valence-electron chi connectivity index (χ3n) is 6.87. The lowest BCUT2D eigenvalue weighted by Gasteiger charge is -2.36. The molecule has 2 heterocycles. The lowest BCUT2D eigenvalue weighted by atomic mass is 9.97. The minimum absolute atomic E-state index is 0.908. The Bertz CT molecular complexity index is 915. The molecule has 1 saturated heterocycles. The summed E-state index contributed by atoms with van der Waals surface area (Å²) in [5, 5.41) is 0.908. The van der Waals surface area contributed by atoms with Gasteiger partial charge in [-0.3, -0.25) is 4.90 Å². The number of hydrogen-bond donors (Lipinski definition) is 0. The number of fused-ring (bicyclic) bond motifs is 1. The molecule has 0 aliphatic carbocycles. The summed E-state index contributed by atoms with van der Waals surface area (Å²) in [6.07, 6.45) is 7.77. The molecule has 0 unspecified atom stereocenters. The Balaban J connectivity index is 1.30. The van der Waals surface area contributed by atoms with Crippen LogP contribution < -0.4 is 9.80 Å². The molecule has 166 valence electrons. The van der Waals surface area contributed by atoms with Crippen LogP contribution in [-0.4, -0.2) is 51.2 Å². The molecule has 1 fully saturated rings. The molecular formula is C27H36ClN3. The average molecular weight is 438 g/mol. The van der Waals surface area contributed by atoms with Crippen LogP contribution in [0.5, 0.6) is 0 Å². The monoisotopic (exact) mass is 437 g/mol. The maximum absolute atomic E-state index is 6.54. The Labute approximate surface area is 193 Å². The topological polar surface area (TPSA) is 9.72 Å². The molecule has 3 nitrogen and oxygen atoms in total. The van der Waals surface area contributed by atoms with E-state index in [0.29, 0.717) is 0 Å². The van der Waals surface area contributed by atoms with E-state index in [1.807, 2.05) is 6.08 Å². The van der Waals surface area contributed by atoms with Gasteiger partial charge in [-0.25, -0.2) is 0 Å². The molecule has 0 radical (unpaired) electrons. The predicted molar refractivity (Wildman–Crippen MR) is 135 cm³/mol. The van der Waals surface area contributed by atoms with E-state index >= 15 is 0 Å². The quantitative estimate of drug-likeness (QED) is 0.504. The van der Waals surface area contributed by atoms with Crippen molar-refractivity contribution in [2.75, 3.05) is 56.1 Å². The van der Waals surface area contributed by atoms with Crippen molar-refractivity contribution >= 4 is 23.0 Å². The molecule has 0 amide bonds. The number of rotatable bonds is 8. The van der Waals surface area contributed by atoms with Gasteiger partial charge in [0.1, 0.15) is 0 Å². The molecule has 0 bridgehead atoms. The smallest absolute Gasteiger partial charge is 0.0668 e. The molecule has 2 aliphatic heterocycles. The van der Waals surface area contributed by atoms with Crippen LogP contribution >= 0.6 is 11.6 Å². The largest absolute Gasteiger partial charge is 0.374 e. The summed E-state index contributed by atoms with van der Waals surface area (Å²) < 4.78 is 0. The zero-order valence-corrected chi connectivity index (χ0v) is 19.9. The van der Waals surface area contributed by atoms with Gasteiger partial charge in [-0.05, 0) is 73.9 Å². The van der Waals surface area contributed by atoms with Gasteiger partial charge in [-0.2, -0.15) is 0 Å². The van der Waals surface area contributed by atoms with Crippen LogP contribution in [0.15, 0.2) is 43.0 Å². The first kappa shape index (κ1) is 22.2. The van der Waals surface area contributed by atoms with E-state index in [1.165, 1.54) is 48.3 Å². The third-order valence-corrected chi connectivity index (χ3v) is 7.36. The van der Waals surface area contributed by atoms with Crippen molar-refractivity contribution in [3.63, 3.8) is 0 Å². The molecule has 31 heavy (non-hydrogen) atoms. The molecule has 0 saturated carbocycles. The molecule has 4 rings (SSSR count). The zero-order chi connectivity index (χ0) is 21.8. The Morgan fingerprint density at radius 2 is 1.87 bits per heavy atom. The minimum atomic E-state index is 0.908. The Kier molecular flexibility index (Phi) is 7.24. The summed E-state index contributed by atoms with van der Waals surface area (Å²) in [6.45, 7) is 12.7. The van der Waals surface area contributed by atoms with Crippen molar-refractivity contribution in [1.82, 2.24) is 4.90 Å². The average Bonchev–Trinajstić information content (AvgIpc) is 3.15. The fourth-order valence-corrected chi connectivity index (χ4v) is 5.35. The predicted octanol–water partition coefficient (Wildman–Crippen LogP) is 5.51. The number of halogens is 1. The summed E-state index contributed by atoms with van der Waals surface area (Å²) in [5.41, 5.74) is 8.40. The van der Waals surface area contributed by atoms with E-state index in [1.54, 1.807) is 5.56 Å². The van der Waals surface area contributed by atoms with Crippen molar-refractivity contribution in [3.05, 3.63) is 70.3 Å². The zero-order valence-electron chi connectivity index (χ0n) is 19.2. The van der Waals surface area contributed by atoms with Gasteiger partial charge in [0, 0.05) is 45.5 Å². The second-order valence-electron chi connectivity index (χ2n) is 9.10. The van der Waals surface area contributed by atoms with Gasteiger partial charge in [0.2, 0.25) is 0 Å². The number of hydrogen-bond acceptors (Lipinski definition) is 3. The van der Waals surface area contributed by atoms with E-state index in [4.69, 9.17) is 11.6 Å². The number of likely N-dealkylation sites (N-methyl/N-ethyl adjacent to an activating group) is 1. The maximum Gasteiger partial charge on any atom is 0.0668 e. The van der Waals surface area contributed by atoms with Gasteiger partial charge in [0.05, 0.1) is 10.7 Å². The number of anilines is 2. The van der Waals surface area contributed by atoms with Crippen molar-refractivity contribution in [3.8, 4) is 0 Å². The van der Waals surface area contributed by atoms with Gasteiger partial charge in [-0.15, -0.1) is 6.58 Å². The van der Waals surface area contributed by atoms with E-state index in [9.17, 15) is 0 Å². The number of aryl methyl sites for hydroxylation is 3. The van der Waals surface area contributed by atoms with Crippen LogP contribution in [-0.2, 0) is 19.3 Å². The van der Waals surface area contributed by atoms with Gasteiger partial charge < -0.3 is 9.80 Å². The van der Waals surface area contributed by atoms with Crippen LogP contribution in [0.1, 0.15) is 35.1 Å². The highest BCUT2D eigenvalue weighted by atomic mass is 35.5.